The van der Waals surface area contributed by atoms with Crippen molar-refractivity contribution in [3.8, 4) is 0 Å². The second-order valence-electron chi connectivity index (χ2n) is 3.42. The lowest BCUT2D eigenvalue weighted by atomic mass is 9.94. The Bertz CT molecular complexity index is 116. The largest absolute Gasteiger partial charge is 0.318 e. The lowest BCUT2D eigenvalue weighted by Crippen LogP contribution is -2.50. The zero-order valence-corrected chi connectivity index (χ0v) is 7.51. The van der Waals surface area contributed by atoms with E-state index in [0.717, 1.165) is 19.0 Å². The van der Waals surface area contributed by atoms with E-state index in [1.165, 1.54) is 6.42 Å². The van der Waals surface area contributed by atoms with Crippen molar-refractivity contribution in [2.75, 3.05) is 26.8 Å². The van der Waals surface area contributed by atoms with Gasteiger partial charge in [-0.25, -0.2) is 0 Å². The Hall–Kier alpha value is -0.120. The van der Waals surface area contributed by atoms with Crippen LogP contribution in [0.3, 0.4) is 0 Å². The summed E-state index contributed by atoms with van der Waals surface area (Å²) < 4.78 is 0. The minimum absolute atomic E-state index is 0.632. The van der Waals surface area contributed by atoms with Gasteiger partial charge in [-0.1, -0.05) is 6.92 Å². The predicted octanol–water partition coefficient (Wildman–Crippen LogP) is -0.168. The van der Waals surface area contributed by atoms with Gasteiger partial charge in [0, 0.05) is 19.3 Å². The fourth-order valence-corrected chi connectivity index (χ4v) is 1.68. The fourth-order valence-electron chi connectivity index (χ4n) is 1.68. The number of hydrogen-bond acceptors (Lipinski definition) is 3. The summed E-state index contributed by atoms with van der Waals surface area (Å²) in [5, 5.41) is 3.32. The molecular formula is C8H19N3. The SMILES string of the molecule is CNC1CN(CN)CCC1C. The minimum Gasteiger partial charge on any atom is -0.318 e. The molecule has 2 unspecified atom stereocenters. The zero-order valence-electron chi connectivity index (χ0n) is 7.51. The van der Waals surface area contributed by atoms with E-state index in [2.05, 4.69) is 17.1 Å². The van der Waals surface area contributed by atoms with Crippen LogP contribution in [0.15, 0.2) is 0 Å². The molecule has 0 amide bonds. The molecule has 1 fully saturated rings. The average molecular weight is 157 g/mol. The highest BCUT2D eigenvalue weighted by Crippen LogP contribution is 2.15. The summed E-state index contributed by atoms with van der Waals surface area (Å²) in [6, 6.07) is 0.632. The third-order valence-electron chi connectivity index (χ3n) is 2.67. The van der Waals surface area contributed by atoms with Gasteiger partial charge >= 0.3 is 0 Å². The van der Waals surface area contributed by atoms with Gasteiger partial charge < -0.3 is 11.1 Å². The summed E-state index contributed by atoms with van der Waals surface area (Å²) in [7, 11) is 2.03. The molecule has 11 heavy (non-hydrogen) atoms. The van der Waals surface area contributed by atoms with E-state index in [0.29, 0.717) is 12.7 Å². The lowest BCUT2D eigenvalue weighted by molar-refractivity contribution is 0.157. The molecule has 0 radical (unpaired) electrons. The minimum atomic E-state index is 0.632. The van der Waals surface area contributed by atoms with E-state index in [-0.39, 0.29) is 0 Å². The first-order chi connectivity index (χ1) is 5.27. The number of nitrogens with two attached hydrogens (primary N) is 1. The summed E-state index contributed by atoms with van der Waals surface area (Å²) in [5.74, 6) is 0.794. The maximum absolute atomic E-state index is 5.56. The van der Waals surface area contributed by atoms with Gasteiger partial charge in [-0.05, 0) is 25.9 Å². The van der Waals surface area contributed by atoms with Crippen LogP contribution < -0.4 is 11.1 Å². The van der Waals surface area contributed by atoms with E-state index in [1.807, 2.05) is 7.05 Å². The van der Waals surface area contributed by atoms with Gasteiger partial charge in [-0.3, -0.25) is 4.90 Å². The normalized spacial score (nSPS) is 34.1. The smallest absolute Gasteiger partial charge is 0.0455 e. The molecule has 2 atom stereocenters. The molecular weight excluding hydrogens is 138 g/mol. The van der Waals surface area contributed by atoms with E-state index in [1.54, 1.807) is 0 Å². The summed E-state index contributed by atoms with van der Waals surface area (Å²) in [6.45, 7) is 5.27. The number of piperidine rings is 1. The standard InChI is InChI=1S/C8H19N3/c1-7-3-4-11(6-9)5-8(7)10-2/h7-8,10H,3-6,9H2,1-2H3. The Morgan fingerprint density at radius 1 is 1.64 bits per heavy atom. The molecule has 3 heteroatoms. The predicted molar refractivity (Wildman–Crippen MR) is 47.3 cm³/mol. The van der Waals surface area contributed by atoms with Gasteiger partial charge in [0.1, 0.15) is 0 Å². The van der Waals surface area contributed by atoms with Crippen LogP contribution in [0, 0.1) is 5.92 Å². The average Bonchev–Trinajstić information content (AvgIpc) is 2.05. The summed E-state index contributed by atoms with van der Waals surface area (Å²) in [4.78, 5) is 2.29. The second kappa shape index (κ2) is 4.04. The van der Waals surface area contributed by atoms with E-state index < -0.39 is 0 Å². The van der Waals surface area contributed by atoms with E-state index in [9.17, 15) is 0 Å². The molecule has 1 rings (SSSR count). The Morgan fingerprint density at radius 3 is 2.91 bits per heavy atom. The molecule has 0 bridgehead atoms. The molecule has 66 valence electrons. The highest BCUT2D eigenvalue weighted by molar-refractivity contribution is 4.81. The zero-order chi connectivity index (χ0) is 8.27. The van der Waals surface area contributed by atoms with Gasteiger partial charge in [0.15, 0.2) is 0 Å². The molecule has 1 aliphatic heterocycles. The van der Waals surface area contributed by atoms with Crippen LogP contribution in [-0.4, -0.2) is 37.7 Å². The third-order valence-corrected chi connectivity index (χ3v) is 2.67. The van der Waals surface area contributed by atoms with Crippen LogP contribution in [0.25, 0.3) is 0 Å². The first kappa shape index (κ1) is 8.97. The Morgan fingerprint density at radius 2 is 2.36 bits per heavy atom. The first-order valence-electron chi connectivity index (χ1n) is 4.37. The Kier molecular flexibility index (Phi) is 3.30. The number of likely N-dealkylation sites (N-methyl/N-ethyl adjacent to an activating group) is 1. The van der Waals surface area contributed by atoms with Crippen molar-refractivity contribution in [2.24, 2.45) is 11.7 Å². The molecule has 0 aliphatic carbocycles. The van der Waals surface area contributed by atoms with Gasteiger partial charge in [0.05, 0.1) is 0 Å². The highest BCUT2D eigenvalue weighted by Gasteiger charge is 2.23. The fraction of sp³-hybridized carbons (Fsp3) is 1.00. The molecule has 3 nitrogen and oxygen atoms in total. The van der Waals surface area contributed by atoms with Crippen LogP contribution in [0.2, 0.25) is 0 Å². The Labute approximate surface area is 68.9 Å². The van der Waals surface area contributed by atoms with Crippen molar-refractivity contribution in [3.05, 3.63) is 0 Å². The molecule has 1 heterocycles. The van der Waals surface area contributed by atoms with Crippen molar-refractivity contribution in [2.45, 2.75) is 19.4 Å². The quantitative estimate of drug-likeness (QED) is 0.585. The van der Waals surface area contributed by atoms with Crippen LogP contribution in [0.5, 0.6) is 0 Å². The number of rotatable bonds is 2. The monoisotopic (exact) mass is 157 g/mol. The summed E-state index contributed by atoms with van der Waals surface area (Å²) in [6.07, 6.45) is 1.27. The molecule has 0 aromatic heterocycles. The maximum Gasteiger partial charge on any atom is 0.0455 e. The van der Waals surface area contributed by atoms with Crippen LogP contribution in [0.1, 0.15) is 13.3 Å². The van der Waals surface area contributed by atoms with Crippen molar-refractivity contribution < 1.29 is 0 Å². The van der Waals surface area contributed by atoms with Crippen LogP contribution >= 0.6 is 0 Å². The van der Waals surface area contributed by atoms with Gasteiger partial charge in [0.2, 0.25) is 0 Å². The number of nitrogens with one attached hydrogen (secondary N) is 1. The number of likely N-dealkylation sites (tertiary alicyclic amines) is 1. The van der Waals surface area contributed by atoms with Crippen molar-refractivity contribution in [3.63, 3.8) is 0 Å². The summed E-state index contributed by atoms with van der Waals surface area (Å²) in [5.41, 5.74) is 5.56. The van der Waals surface area contributed by atoms with E-state index >= 15 is 0 Å². The van der Waals surface area contributed by atoms with Crippen molar-refractivity contribution >= 4 is 0 Å². The molecule has 3 N–H and O–H groups in total. The molecule has 1 aliphatic rings. The lowest BCUT2D eigenvalue weighted by Gasteiger charge is -2.36. The van der Waals surface area contributed by atoms with E-state index in [4.69, 9.17) is 5.73 Å². The molecule has 0 aromatic carbocycles. The highest BCUT2D eigenvalue weighted by atomic mass is 15.2. The van der Waals surface area contributed by atoms with Gasteiger partial charge in [-0.15, -0.1) is 0 Å². The van der Waals surface area contributed by atoms with Crippen LogP contribution in [0.4, 0.5) is 0 Å². The maximum atomic E-state index is 5.56. The molecule has 0 saturated carbocycles. The Balaban J connectivity index is 2.37. The second-order valence-corrected chi connectivity index (χ2v) is 3.42. The first-order valence-corrected chi connectivity index (χ1v) is 4.37. The van der Waals surface area contributed by atoms with Crippen LogP contribution in [-0.2, 0) is 0 Å². The van der Waals surface area contributed by atoms with Crippen molar-refractivity contribution in [1.29, 1.82) is 0 Å². The molecule has 0 aromatic rings. The number of nitrogens with zero attached hydrogens (tertiary/aromatic N) is 1. The topological polar surface area (TPSA) is 41.3 Å². The third kappa shape index (κ3) is 2.15. The van der Waals surface area contributed by atoms with Crippen molar-refractivity contribution in [1.82, 2.24) is 10.2 Å². The summed E-state index contributed by atoms with van der Waals surface area (Å²) >= 11 is 0. The number of hydrogen-bond donors (Lipinski definition) is 2. The van der Waals surface area contributed by atoms with Gasteiger partial charge in [-0.2, -0.15) is 0 Å². The molecule has 0 spiro atoms. The molecule has 1 saturated heterocycles. The van der Waals surface area contributed by atoms with Gasteiger partial charge in [0.25, 0.3) is 0 Å².